The van der Waals surface area contributed by atoms with Crippen molar-refractivity contribution < 1.29 is 8.78 Å². The molecule has 0 bridgehead atoms. The van der Waals surface area contributed by atoms with Crippen LogP contribution in [0.4, 0.5) is 25.8 Å². The molecule has 0 unspecified atom stereocenters. The van der Waals surface area contributed by atoms with Crippen molar-refractivity contribution in [3.8, 4) is 0 Å². The number of nitrogen functional groups attached to an aromatic ring is 1. The summed E-state index contributed by atoms with van der Waals surface area (Å²) in [7, 11) is 0. The van der Waals surface area contributed by atoms with E-state index in [0.717, 1.165) is 0 Å². The zero-order valence-electron chi connectivity index (χ0n) is 8.68. The van der Waals surface area contributed by atoms with Crippen LogP contribution in [-0.2, 0) is 0 Å². The third-order valence-electron chi connectivity index (χ3n) is 2.25. The lowest BCUT2D eigenvalue weighted by molar-refractivity contribution is 0.630. The first-order valence-corrected chi connectivity index (χ1v) is 5.22. The summed E-state index contributed by atoms with van der Waals surface area (Å²) in [6.07, 6.45) is 0. The summed E-state index contributed by atoms with van der Waals surface area (Å²) >= 11 is 5.62. The summed E-state index contributed by atoms with van der Waals surface area (Å²) in [4.78, 5) is 0. The van der Waals surface area contributed by atoms with E-state index in [-0.39, 0.29) is 11.4 Å². The van der Waals surface area contributed by atoms with Gasteiger partial charge in [-0.2, -0.15) is 0 Å². The van der Waals surface area contributed by atoms with Gasteiger partial charge >= 0.3 is 0 Å². The van der Waals surface area contributed by atoms with E-state index < -0.39 is 11.6 Å². The van der Waals surface area contributed by atoms with Crippen molar-refractivity contribution in [3.05, 3.63) is 53.1 Å². The van der Waals surface area contributed by atoms with Gasteiger partial charge in [-0.1, -0.05) is 17.7 Å². The van der Waals surface area contributed by atoms with Crippen molar-refractivity contribution in [1.29, 1.82) is 0 Å². The Morgan fingerprint density at radius 1 is 1.00 bits per heavy atom. The van der Waals surface area contributed by atoms with Crippen LogP contribution in [0.5, 0.6) is 0 Å². The summed E-state index contributed by atoms with van der Waals surface area (Å²) in [5.41, 5.74) is 5.97. The van der Waals surface area contributed by atoms with Gasteiger partial charge in [-0.05, 0) is 30.3 Å². The Labute approximate surface area is 102 Å². The maximum absolute atomic E-state index is 13.5. The van der Waals surface area contributed by atoms with Crippen molar-refractivity contribution in [2.24, 2.45) is 0 Å². The van der Waals surface area contributed by atoms with Gasteiger partial charge in [0.25, 0.3) is 0 Å². The third-order valence-corrected chi connectivity index (χ3v) is 2.49. The first kappa shape index (κ1) is 11.7. The standard InChI is InChI=1S/C12H9ClF2N2/c13-7-4-5-10(9(15)6-7)17-11-3-1-2-8(14)12(11)16/h1-6,17H,16H2. The van der Waals surface area contributed by atoms with Crippen LogP contribution in [0.3, 0.4) is 0 Å². The van der Waals surface area contributed by atoms with Gasteiger partial charge in [0, 0.05) is 5.02 Å². The lowest BCUT2D eigenvalue weighted by Crippen LogP contribution is -2.00. The zero-order valence-corrected chi connectivity index (χ0v) is 9.43. The van der Waals surface area contributed by atoms with Gasteiger partial charge in [0.1, 0.15) is 11.6 Å². The molecule has 3 N–H and O–H groups in total. The second kappa shape index (κ2) is 4.59. The Morgan fingerprint density at radius 2 is 1.76 bits per heavy atom. The number of halogens is 3. The molecular weight excluding hydrogens is 246 g/mol. The number of benzene rings is 2. The number of rotatable bonds is 2. The second-order valence-electron chi connectivity index (χ2n) is 3.45. The van der Waals surface area contributed by atoms with Crippen LogP contribution in [-0.4, -0.2) is 0 Å². The Balaban J connectivity index is 2.35. The molecule has 0 aromatic heterocycles. The highest BCUT2D eigenvalue weighted by atomic mass is 35.5. The number of hydrogen-bond acceptors (Lipinski definition) is 2. The van der Waals surface area contributed by atoms with Crippen molar-refractivity contribution in [3.63, 3.8) is 0 Å². The lowest BCUT2D eigenvalue weighted by Gasteiger charge is -2.10. The van der Waals surface area contributed by atoms with Gasteiger partial charge in [0.05, 0.1) is 17.1 Å². The number of hydrogen-bond donors (Lipinski definition) is 2. The number of nitrogens with one attached hydrogen (secondary N) is 1. The summed E-state index contributed by atoms with van der Waals surface area (Å²) in [6.45, 7) is 0. The predicted molar refractivity (Wildman–Crippen MR) is 65.5 cm³/mol. The number of para-hydroxylation sites is 1. The molecule has 0 fully saturated rings. The SMILES string of the molecule is Nc1c(F)cccc1Nc1ccc(Cl)cc1F. The molecular formula is C12H9ClF2N2. The van der Waals surface area contributed by atoms with E-state index in [1.807, 2.05) is 0 Å². The minimum Gasteiger partial charge on any atom is -0.395 e. The molecule has 17 heavy (non-hydrogen) atoms. The van der Waals surface area contributed by atoms with Crippen LogP contribution in [0.15, 0.2) is 36.4 Å². The fraction of sp³-hybridized carbons (Fsp3) is 0. The van der Waals surface area contributed by atoms with Crippen molar-refractivity contribution in [1.82, 2.24) is 0 Å². The van der Waals surface area contributed by atoms with Crippen LogP contribution in [0.2, 0.25) is 5.02 Å². The first-order chi connectivity index (χ1) is 8.08. The van der Waals surface area contributed by atoms with E-state index in [9.17, 15) is 8.78 Å². The summed E-state index contributed by atoms with van der Waals surface area (Å²) in [5.74, 6) is -1.08. The molecule has 2 aromatic carbocycles. The Morgan fingerprint density at radius 3 is 2.47 bits per heavy atom. The highest BCUT2D eigenvalue weighted by molar-refractivity contribution is 6.30. The van der Waals surface area contributed by atoms with Gasteiger partial charge < -0.3 is 11.1 Å². The maximum Gasteiger partial charge on any atom is 0.148 e. The van der Waals surface area contributed by atoms with Gasteiger partial charge in [-0.25, -0.2) is 8.78 Å². The monoisotopic (exact) mass is 254 g/mol. The van der Waals surface area contributed by atoms with Crippen LogP contribution in [0.25, 0.3) is 0 Å². The molecule has 2 nitrogen and oxygen atoms in total. The molecule has 5 heteroatoms. The van der Waals surface area contributed by atoms with E-state index in [4.69, 9.17) is 17.3 Å². The molecule has 0 saturated carbocycles. The van der Waals surface area contributed by atoms with Crippen molar-refractivity contribution >= 4 is 28.7 Å². The van der Waals surface area contributed by atoms with Crippen LogP contribution < -0.4 is 11.1 Å². The van der Waals surface area contributed by atoms with Gasteiger partial charge in [0.2, 0.25) is 0 Å². The quantitative estimate of drug-likeness (QED) is 0.797. The first-order valence-electron chi connectivity index (χ1n) is 4.84. The smallest absolute Gasteiger partial charge is 0.148 e. The third kappa shape index (κ3) is 2.47. The molecule has 88 valence electrons. The molecule has 0 spiro atoms. The molecule has 0 aliphatic rings. The maximum atomic E-state index is 13.5. The molecule has 0 saturated heterocycles. The average molecular weight is 255 g/mol. The summed E-state index contributed by atoms with van der Waals surface area (Å²) in [6, 6.07) is 8.44. The minimum absolute atomic E-state index is 0.0538. The Kier molecular flexibility index (Phi) is 3.15. The van der Waals surface area contributed by atoms with Crippen LogP contribution >= 0.6 is 11.6 Å². The van der Waals surface area contributed by atoms with Crippen molar-refractivity contribution in [2.75, 3.05) is 11.1 Å². The summed E-state index contributed by atoms with van der Waals surface area (Å²) in [5, 5.41) is 3.00. The Hall–Kier alpha value is -1.81. The average Bonchev–Trinajstić information content (AvgIpc) is 2.28. The minimum atomic E-state index is -0.552. The number of nitrogens with two attached hydrogens (primary N) is 1. The second-order valence-corrected chi connectivity index (χ2v) is 3.89. The van der Waals surface area contributed by atoms with Gasteiger partial charge in [0.15, 0.2) is 0 Å². The zero-order chi connectivity index (χ0) is 12.4. The largest absolute Gasteiger partial charge is 0.395 e. The number of anilines is 3. The molecule has 0 heterocycles. The van der Waals surface area contributed by atoms with E-state index in [2.05, 4.69) is 5.32 Å². The highest BCUT2D eigenvalue weighted by Crippen LogP contribution is 2.27. The van der Waals surface area contributed by atoms with Crippen LogP contribution in [0.1, 0.15) is 0 Å². The predicted octanol–water partition coefficient (Wildman–Crippen LogP) is 3.94. The molecule has 0 radical (unpaired) electrons. The lowest BCUT2D eigenvalue weighted by atomic mass is 10.2. The van der Waals surface area contributed by atoms with Crippen LogP contribution in [0, 0.1) is 11.6 Å². The highest BCUT2D eigenvalue weighted by Gasteiger charge is 2.07. The molecule has 2 aromatic rings. The van der Waals surface area contributed by atoms with Gasteiger partial charge in [-0.15, -0.1) is 0 Å². The fourth-order valence-electron chi connectivity index (χ4n) is 1.38. The van der Waals surface area contributed by atoms with E-state index in [1.165, 1.54) is 30.3 Å². The summed E-state index contributed by atoms with van der Waals surface area (Å²) < 4.78 is 26.7. The normalized spacial score (nSPS) is 10.3. The Bertz CT molecular complexity index is 558. The molecule has 0 atom stereocenters. The molecule has 2 rings (SSSR count). The fourth-order valence-corrected chi connectivity index (χ4v) is 1.54. The van der Waals surface area contributed by atoms with E-state index in [1.54, 1.807) is 6.07 Å². The molecule has 0 aliphatic carbocycles. The van der Waals surface area contributed by atoms with E-state index >= 15 is 0 Å². The van der Waals surface area contributed by atoms with Gasteiger partial charge in [-0.3, -0.25) is 0 Å². The van der Waals surface area contributed by atoms with Crippen molar-refractivity contribution in [2.45, 2.75) is 0 Å². The van der Waals surface area contributed by atoms with E-state index in [0.29, 0.717) is 10.7 Å². The molecule has 0 amide bonds. The molecule has 0 aliphatic heterocycles. The topological polar surface area (TPSA) is 38.0 Å².